The minimum absolute atomic E-state index is 0.141. The third kappa shape index (κ3) is 3.04. The van der Waals surface area contributed by atoms with Crippen LogP contribution >= 0.6 is 11.3 Å². The van der Waals surface area contributed by atoms with E-state index < -0.39 is 0 Å². The maximum Gasteiger partial charge on any atom is 0.235 e. The Balaban J connectivity index is 1.80. The van der Waals surface area contributed by atoms with E-state index >= 15 is 0 Å². The van der Waals surface area contributed by atoms with Crippen molar-refractivity contribution < 1.29 is 10.0 Å². The summed E-state index contributed by atoms with van der Waals surface area (Å²) < 4.78 is 1.61. The van der Waals surface area contributed by atoms with Crippen LogP contribution in [-0.2, 0) is 6.42 Å². The monoisotopic (exact) mass is 357 g/mol. The molecule has 0 spiro atoms. The van der Waals surface area contributed by atoms with E-state index in [9.17, 15) is 5.11 Å². The van der Waals surface area contributed by atoms with Crippen LogP contribution in [0.5, 0.6) is 5.88 Å². The first-order valence-electron chi connectivity index (χ1n) is 9.14. The van der Waals surface area contributed by atoms with Crippen molar-refractivity contribution in [1.82, 2.24) is 14.6 Å². The van der Waals surface area contributed by atoms with Gasteiger partial charge in [0.05, 0.1) is 13.1 Å². The minimum Gasteiger partial charge on any atom is -0.492 e. The number of nitrogens with zero attached hydrogens (tertiary/aromatic N) is 3. The summed E-state index contributed by atoms with van der Waals surface area (Å²) in [5.41, 5.74) is 1.25. The lowest BCUT2D eigenvalue weighted by Crippen LogP contribution is -3.13. The average Bonchev–Trinajstić information content (AvgIpc) is 3.16. The zero-order chi connectivity index (χ0) is 17.4. The van der Waals surface area contributed by atoms with E-state index in [2.05, 4.69) is 41.3 Å². The van der Waals surface area contributed by atoms with Gasteiger partial charge in [-0.3, -0.25) is 0 Å². The van der Waals surface area contributed by atoms with Gasteiger partial charge in [0.15, 0.2) is 11.9 Å². The van der Waals surface area contributed by atoms with Crippen LogP contribution in [0.25, 0.3) is 4.96 Å². The van der Waals surface area contributed by atoms with E-state index in [1.165, 1.54) is 23.3 Å². The molecule has 25 heavy (non-hydrogen) atoms. The molecule has 1 unspecified atom stereocenters. The van der Waals surface area contributed by atoms with E-state index in [4.69, 9.17) is 0 Å². The number of aromatic hydroxyl groups is 1. The SMILES string of the molecule is CCc1nc2sc([C@@H](c3ccccc3)[NH+]3CCC[C@H](C)C3)c(O)n2n1. The highest BCUT2D eigenvalue weighted by molar-refractivity contribution is 7.17. The van der Waals surface area contributed by atoms with Crippen LogP contribution in [-0.4, -0.2) is 32.8 Å². The van der Waals surface area contributed by atoms with E-state index in [0.29, 0.717) is 5.92 Å². The van der Waals surface area contributed by atoms with Gasteiger partial charge >= 0.3 is 0 Å². The summed E-state index contributed by atoms with van der Waals surface area (Å²) in [5.74, 6) is 1.75. The molecule has 6 heteroatoms. The van der Waals surface area contributed by atoms with Crippen molar-refractivity contribution in [1.29, 1.82) is 0 Å². The maximum atomic E-state index is 10.9. The number of hydrogen-bond acceptors (Lipinski definition) is 4. The van der Waals surface area contributed by atoms with Crippen LogP contribution in [0.1, 0.15) is 49.0 Å². The summed E-state index contributed by atoms with van der Waals surface area (Å²) in [6, 6.07) is 10.7. The Morgan fingerprint density at radius 1 is 1.36 bits per heavy atom. The lowest BCUT2D eigenvalue weighted by Gasteiger charge is -2.34. The molecule has 1 fully saturated rings. The molecule has 1 aromatic carbocycles. The molecule has 5 nitrogen and oxygen atoms in total. The van der Waals surface area contributed by atoms with E-state index in [0.717, 1.165) is 35.2 Å². The number of piperidine rings is 1. The molecule has 0 radical (unpaired) electrons. The molecule has 132 valence electrons. The van der Waals surface area contributed by atoms with Crippen molar-refractivity contribution in [3.05, 3.63) is 46.6 Å². The van der Waals surface area contributed by atoms with Crippen LogP contribution < -0.4 is 4.90 Å². The van der Waals surface area contributed by atoms with Gasteiger partial charge < -0.3 is 10.0 Å². The Morgan fingerprint density at radius 2 is 2.16 bits per heavy atom. The number of nitrogens with one attached hydrogen (secondary N) is 1. The lowest BCUT2D eigenvalue weighted by atomic mass is 9.95. The maximum absolute atomic E-state index is 10.9. The van der Waals surface area contributed by atoms with Crippen molar-refractivity contribution in [3.63, 3.8) is 0 Å². The van der Waals surface area contributed by atoms with E-state index in [1.807, 2.05) is 13.0 Å². The van der Waals surface area contributed by atoms with Gasteiger partial charge in [0, 0.05) is 17.9 Å². The van der Waals surface area contributed by atoms with Gasteiger partial charge in [-0.05, 0) is 12.8 Å². The summed E-state index contributed by atoms with van der Waals surface area (Å²) in [4.78, 5) is 7.84. The van der Waals surface area contributed by atoms with Crippen molar-refractivity contribution in [2.24, 2.45) is 5.92 Å². The molecule has 2 N–H and O–H groups in total. The van der Waals surface area contributed by atoms with Crippen molar-refractivity contribution in [3.8, 4) is 5.88 Å². The average molecular weight is 358 g/mol. The second kappa shape index (κ2) is 6.77. The molecule has 2 aromatic heterocycles. The number of hydrogen-bond donors (Lipinski definition) is 2. The summed E-state index contributed by atoms with van der Waals surface area (Å²) in [6.45, 7) is 6.63. The molecule has 0 aliphatic carbocycles. The van der Waals surface area contributed by atoms with Crippen LogP contribution in [0.3, 0.4) is 0 Å². The summed E-state index contributed by atoms with van der Waals surface area (Å²) in [6.07, 6.45) is 3.31. The Labute approximate surface area is 151 Å². The van der Waals surface area contributed by atoms with Crippen LogP contribution in [0.15, 0.2) is 30.3 Å². The van der Waals surface area contributed by atoms with Crippen LogP contribution in [0, 0.1) is 5.92 Å². The second-order valence-electron chi connectivity index (χ2n) is 7.07. The lowest BCUT2D eigenvalue weighted by molar-refractivity contribution is -0.933. The topological polar surface area (TPSA) is 54.9 Å². The first-order valence-corrected chi connectivity index (χ1v) is 9.95. The number of quaternary nitrogens is 1. The largest absolute Gasteiger partial charge is 0.492 e. The van der Waals surface area contributed by atoms with Crippen LogP contribution in [0.2, 0.25) is 0 Å². The molecule has 0 amide bonds. The number of aromatic nitrogens is 3. The van der Waals surface area contributed by atoms with Gasteiger partial charge in [-0.2, -0.15) is 4.52 Å². The zero-order valence-electron chi connectivity index (χ0n) is 14.8. The quantitative estimate of drug-likeness (QED) is 0.754. The summed E-state index contributed by atoms with van der Waals surface area (Å²) in [5, 5.41) is 15.3. The fraction of sp³-hybridized carbons (Fsp3) is 0.474. The minimum atomic E-state index is 0.141. The Bertz CT molecular complexity index is 857. The predicted molar refractivity (Wildman–Crippen MR) is 99.3 cm³/mol. The van der Waals surface area contributed by atoms with Gasteiger partial charge in [-0.25, -0.2) is 4.98 Å². The second-order valence-corrected chi connectivity index (χ2v) is 8.08. The number of aryl methyl sites for hydroxylation is 1. The standard InChI is InChI=1S/C19H24N4OS/c1-3-15-20-19-23(21-15)18(24)17(25-19)16(14-9-5-4-6-10-14)22-11-7-8-13(2)12-22/h4-6,9-10,13,16,24H,3,7-8,11-12H2,1-2H3/p+1/t13-,16+/m0/s1. The van der Waals surface area contributed by atoms with E-state index in [1.54, 1.807) is 15.9 Å². The number of thiazole rings is 1. The Morgan fingerprint density at radius 3 is 2.84 bits per heavy atom. The smallest absolute Gasteiger partial charge is 0.235 e. The fourth-order valence-corrected chi connectivity index (χ4v) is 5.10. The Kier molecular flexibility index (Phi) is 4.48. The number of rotatable bonds is 4. The highest BCUT2D eigenvalue weighted by Gasteiger charge is 2.35. The number of fused-ring (bicyclic) bond motifs is 1. The van der Waals surface area contributed by atoms with Crippen molar-refractivity contribution in [2.45, 2.75) is 39.2 Å². The number of benzene rings is 1. The van der Waals surface area contributed by atoms with Gasteiger partial charge in [0.1, 0.15) is 4.88 Å². The molecule has 1 aliphatic heterocycles. The third-order valence-corrected chi connectivity index (χ3v) is 6.25. The molecular weight excluding hydrogens is 332 g/mol. The normalized spacial score (nSPS) is 22.3. The van der Waals surface area contributed by atoms with Crippen LogP contribution in [0.4, 0.5) is 0 Å². The highest BCUT2D eigenvalue weighted by atomic mass is 32.1. The van der Waals surface area contributed by atoms with Gasteiger partial charge in [-0.1, -0.05) is 55.5 Å². The fourth-order valence-electron chi connectivity index (χ4n) is 3.94. The van der Waals surface area contributed by atoms with Gasteiger partial charge in [-0.15, -0.1) is 5.10 Å². The van der Waals surface area contributed by atoms with Gasteiger partial charge in [0.25, 0.3) is 0 Å². The summed E-state index contributed by atoms with van der Waals surface area (Å²) >= 11 is 1.58. The molecule has 3 atom stereocenters. The zero-order valence-corrected chi connectivity index (χ0v) is 15.6. The first-order chi connectivity index (χ1) is 12.2. The predicted octanol–water partition coefficient (Wildman–Crippen LogP) is 2.46. The van der Waals surface area contributed by atoms with Crippen molar-refractivity contribution >= 4 is 16.3 Å². The van der Waals surface area contributed by atoms with Crippen molar-refractivity contribution in [2.75, 3.05) is 13.1 Å². The molecule has 4 rings (SSSR count). The molecule has 0 bridgehead atoms. The molecule has 3 heterocycles. The number of likely N-dealkylation sites (tertiary alicyclic amines) is 1. The highest BCUT2D eigenvalue weighted by Crippen LogP contribution is 2.35. The molecule has 1 aliphatic rings. The van der Waals surface area contributed by atoms with Gasteiger partial charge in [0.2, 0.25) is 10.8 Å². The molecule has 3 aromatic rings. The third-order valence-electron chi connectivity index (χ3n) is 5.17. The summed E-state index contributed by atoms with van der Waals surface area (Å²) in [7, 11) is 0. The molecule has 0 saturated carbocycles. The first kappa shape index (κ1) is 16.5. The Hall–Kier alpha value is -1.92. The molecular formula is C19H25N4OS+. The van der Waals surface area contributed by atoms with E-state index in [-0.39, 0.29) is 11.9 Å². The molecule has 1 saturated heterocycles.